The molecule has 1 aromatic rings. The van der Waals surface area contributed by atoms with Crippen molar-refractivity contribution in [1.29, 1.82) is 0 Å². The molecule has 0 aliphatic carbocycles. The van der Waals surface area contributed by atoms with Gasteiger partial charge in [-0.05, 0) is 17.7 Å². The highest BCUT2D eigenvalue weighted by molar-refractivity contribution is 8.01. The van der Waals surface area contributed by atoms with E-state index in [1.807, 2.05) is 0 Å². The van der Waals surface area contributed by atoms with Gasteiger partial charge in [-0.15, -0.1) is 11.8 Å². The van der Waals surface area contributed by atoms with E-state index in [9.17, 15) is 14.0 Å². The molecule has 1 aliphatic heterocycles. The Bertz CT molecular complexity index is 433. The second-order valence-corrected chi connectivity index (χ2v) is 5.08. The molecule has 0 radical (unpaired) electrons. The van der Waals surface area contributed by atoms with Crippen LogP contribution < -0.4 is 5.32 Å². The Morgan fingerprint density at radius 3 is 2.71 bits per heavy atom. The van der Waals surface area contributed by atoms with E-state index in [4.69, 9.17) is 0 Å². The maximum absolute atomic E-state index is 12.6. The minimum atomic E-state index is -0.294. The van der Waals surface area contributed by atoms with E-state index >= 15 is 0 Å². The predicted octanol–water partition coefficient (Wildman–Crippen LogP) is 1.52. The van der Waals surface area contributed by atoms with Gasteiger partial charge >= 0.3 is 0 Å². The largest absolute Gasteiger partial charge is 0.351 e. The van der Waals surface area contributed by atoms with Crippen molar-refractivity contribution in [3.8, 4) is 0 Å². The summed E-state index contributed by atoms with van der Waals surface area (Å²) in [6.07, 6.45) is 0.319. The molecule has 1 atom stereocenters. The molecule has 1 aromatic carbocycles. The molecular formula is C12H12FNO2S. The van der Waals surface area contributed by atoms with Gasteiger partial charge in [-0.25, -0.2) is 4.39 Å². The lowest BCUT2D eigenvalue weighted by Crippen LogP contribution is -2.31. The summed E-state index contributed by atoms with van der Waals surface area (Å²) in [5.41, 5.74) is 0.842. The number of Topliss-reactive ketones (excluding diaryl/α,β-unsaturated/α-hetero) is 1. The molecule has 1 aliphatic rings. The van der Waals surface area contributed by atoms with Crippen LogP contribution in [0.15, 0.2) is 24.3 Å². The third-order valence-electron chi connectivity index (χ3n) is 2.53. The van der Waals surface area contributed by atoms with Gasteiger partial charge in [0.2, 0.25) is 5.91 Å². The highest BCUT2D eigenvalue weighted by Gasteiger charge is 2.28. The van der Waals surface area contributed by atoms with Gasteiger partial charge in [0.1, 0.15) is 11.6 Å². The van der Waals surface area contributed by atoms with Crippen LogP contribution in [0.2, 0.25) is 0 Å². The summed E-state index contributed by atoms with van der Waals surface area (Å²) >= 11 is 1.37. The normalized spacial score (nSPS) is 19.4. The second-order valence-electron chi connectivity index (χ2n) is 3.89. The van der Waals surface area contributed by atoms with Crippen LogP contribution in [0.25, 0.3) is 0 Å². The first kappa shape index (κ1) is 12.1. The Labute approximate surface area is 103 Å². The van der Waals surface area contributed by atoms with Gasteiger partial charge in [-0.3, -0.25) is 9.59 Å². The van der Waals surface area contributed by atoms with Crippen molar-refractivity contribution in [2.24, 2.45) is 0 Å². The van der Waals surface area contributed by atoms with Crippen molar-refractivity contribution in [1.82, 2.24) is 5.32 Å². The van der Waals surface area contributed by atoms with E-state index in [1.54, 1.807) is 12.1 Å². The zero-order chi connectivity index (χ0) is 12.3. The SMILES string of the molecule is O=C1CSC(C(=O)NCc2ccc(F)cc2)C1. The van der Waals surface area contributed by atoms with E-state index in [2.05, 4.69) is 5.32 Å². The Morgan fingerprint density at radius 2 is 2.12 bits per heavy atom. The number of ketones is 1. The van der Waals surface area contributed by atoms with Crippen LogP contribution in [0.1, 0.15) is 12.0 Å². The van der Waals surface area contributed by atoms with E-state index in [0.717, 1.165) is 5.56 Å². The van der Waals surface area contributed by atoms with Gasteiger partial charge in [0.25, 0.3) is 0 Å². The fourth-order valence-corrected chi connectivity index (χ4v) is 2.64. The third-order valence-corrected chi connectivity index (χ3v) is 3.80. The number of benzene rings is 1. The quantitative estimate of drug-likeness (QED) is 0.888. The summed E-state index contributed by atoms with van der Waals surface area (Å²) < 4.78 is 12.6. The monoisotopic (exact) mass is 253 g/mol. The van der Waals surface area contributed by atoms with Crippen LogP contribution in [-0.2, 0) is 16.1 Å². The number of amides is 1. The summed E-state index contributed by atoms with van der Waals surface area (Å²) in [5, 5.41) is 2.49. The molecule has 90 valence electrons. The molecule has 5 heteroatoms. The van der Waals surface area contributed by atoms with E-state index in [1.165, 1.54) is 23.9 Å². The average molecular weight is 253 g/mol. The average Bonchev–Trinajstić information content (AvgIpc) is 2.75. The smallest absolute Gasteiger partial charge is 0.233 e. The minimum Gasteiger partial charge on any atom is -0.351 e. The molecule has 1 fully saturated rings. The molecule has 3 nitrogen and oxygen atoms in total. The molecule has 0 aromatic heterocycles. The van der Waals surface area contributed by atoms with Crippen molar-refractivity contribution in [3.63, 3.8) is 0 Å². The highest BCUT2D eigenvalue weighted by Crippen LogP contribution is 2.23. The molecule has 1 heterocycles. The predicted molar refractivity (Wildman–Crippen MR) is 64.1 cm³/mol. The topological polar surface area (TPSA) is 46.2 Å². The van der Waals surface area contributed by atoms with Crippen LogP contribution in [0.5, 0.6) is 0 Å². The molecule has 17 heavy (non-hydrogen) atoms. The molecule has 1 unspecified atom stereocenters. The Balaban J connectivity index is 1.84. The van der Waals surface area contributed by atoms with E-state index < -0.39 is 0 Å². The highest BCUT2D eigenvalue weighted by atomic mass is 32.2. The van der Waals surface area contributed by atoms with Crippen LogP contribution in [-0.4, -0.2) is 22.7 Å². The number of carbonyl (C=O) groups excluding carboxylic acids is 2. The number of nitrogens with one attached hydrogen (secondary N) is 1. The molecule has 1 N–H and O–H groups in total. The second kappa shape index (κ2) is 5.31. The van der Waals surface area contributed by atoms with Crippen LogP contribution in [0.3, 0.4) is 0 Å². The third kappa shape index (κ3) is 3.30. The first-order valence-corrected chi connectivity index (χ1v) is 6.35. The summed E-state index contributed by atoms with van der Waals surface area (Å²) in [4.78, 5) is 22.7. The number of halogens is 1. The van der Waals surface area contributed by atoms with Crippen molar-refractivity contribution in [2.45, 2.75) is 18.2 Å². The summed E-state index contributed by atoms with van der Waals surface area (Å²) in [6.45, 7) is 0.365. The van der Waals surface area contributed by atoms with Gasteiger partial charge in [-0.1, -0.05) is 12.1 Å². The standard InChI is InChI=1S/C12H12FNO2S/c13-9-3-1-8(2-4-9)6-14-12(16)11-5-10(15)7-17-11/h1-4,11H,5-7H2,(H,14,16). The molecule has 1 amide bonds. The fourth-order valence-electron chi connectivity index (χ4n) is 1.59. The van der Waals surface area contributed by atoms with Crippen molar-refractivity contribution in [2.75, 3.05) is 5.75 Å². The van der Waals surface area contributed by atoms with Crippen molar-refractivity contribution < 1.29 is 14.0 Å². The van der Waals surface area contributed by atoms with Gasteiger partial charge in [-0.2, -0.15) is 0 Å². The molecule has 2 rings (SSSR count). The molecular weight excluding hydrogens is 241 g/mol. The zero-order valence-electron chi connectivity index (χ0n) is 9.11. The zero-order valence-corrected chi connectivity index (χ0v) is 9.93. The van der Waals surface area contributed by atoms with Gasteiger partial charge in [0.15, 0.2) is 0 Å². The summed E-state index contributed by atoms with van der Waals surface area (Å²) in [7, 11) is 0. The van der Waals surface area contributed by atoms with Crippen LogP contribution in [0.4, 0.5) is 4.39 Å². The molecule has 0 saturated carbocycles. The van der Waals surface area contributed by atoms with Gasteiger partial charge < -0.3 is 5.32 Å². The van der Waals surface area contributed by atoms with Gasteiger partial charge in [0.05, 0.1) is 11.0 Å². The molecule has 0 bridgehead atoms. The lowest BCUT2D eigenvalue weighted by atomic mass is 10.2. The summed E-state index contributed by atoms with van der Waals surface area (Å²) in [6, 6.07) is 5.97. The lowest BCUT2D eigenvalue weighted by Gasteiger charge is -2.09. The number of hydrogen-bond donors (Lipinski definition) is 1. The number of hydrogen-bond acceptors (Lipinski definition) is 3. The lowest BCUT2D eigenvalue weighted by molar-refractivity contribution is -0.123. The number of carbonyl (C=O) groups is 2. The first-order valence-electron chi connectivity index (χ1n) is 5.30. The molecule has 1 saturated heterocycles. The van der Waals surface area contributed by atoms with E-state index in [0.29, 0.717) is 18.7 Å². The Hall–Kier alpha value is -1.36. The Kier molecular flexibility index (Phi) is 3.78. The number of rotatable bonds is 3. The van der Waals surface area contributed by atoms with E-state index in [-0.39, 0.29) is 22.8 Å². The maximum Gasteiger partial charge on any atom is 0.233 e. The summed E-state index contributed by atoms with van der Waals surface area (Å²) in [5.74, 6) is 0.133. The van der Waals surface area contributed by atoms with Crippen LogP contribution in [0, 0.1) is 5.82 Å². The van der Waals surface area contributed by atoms with Gasteiger partial charge in [0, 0.05) is 13.0 Å². The minimum absolute atomic E-state index is 0.120. The maximum atomic E-state index is 12.6. The van der Waals surface area contributed by atoms with Crippen molar-refractivity contribution >= 4 is 23.5 Å². The number of thioether (sulfide) groups is 1. The fraction of sp³-hybridized carbons (Fsp3) is 0.333. The van der Waals surface area contributed by atoms with Crippen molar-refractivity contribution in [3.05, 3.63) is 35.6 Å². The van der Waals surface area contributed by atoms with Crippen LogP contribution >= 0.6 is 11.8 Å². The molecule has 0 spiro atoms. The first-order chi connectivity index (χ1) is 8.15. The Morgan fingerprint density at radius 1 is 1.41 bits per heavy atom.